The third-order valence-corrected chi connectivity index (χ3v) is 4.54. The number of benzene rings is 1. The summed E-state index contributed by atoms with van der Waals surface area (Å²) < 4.78 is 26.3. The van der Waals surface area contributed by atoms with Crippen molar-refractivity contribution in [3.63, 3.8) is 0 Å². The van der Waals surface area contributed by atoms with Crippen molar-refractivity contribution in [3.05, 3.63) is 52.8 Å². The Labute approximate surface area is 130 Å². The van der Waals surface area contributed by atoms with Crippen LogP contribution in [-0.4, -0.2) is 26.4 Å². The summed E-state index contributed by atoms with van der Waals surface area (Å²) in [7, 11) is -2.22. The molecule has 0 atom stereocenters. The maximum atomic E-state index is 12.0. The van der Waals surface area contributed by atoms with E-state index in [4.69, 9.17) is 0 Å². The Kier molecular flexibility index (Phi) is 4.71. The molecule has 0 unspecified atom stereocenters. The topological polar surface area (TPSA) is 88.2 Å². The summed E-state index contributed by atoms with van der Waals surface area (Å²) in [5.41, 5.74) is 0.763. The van der Waals surface area contributed by atoms with Crippen molar-refractivity contribution in [1.82, 2.24) is 9.71 Å². The van der Waals surface area contributed by atoms with Crippen LogP contribution in [0.3, 0.4) is 0 Å². The van der Waals surface area contributed by atoms with Gasteiger partial charge in [-0.3, -0.25) is 4.79 Å². The zero-order chi connectivity index (χ0) is 15.5. The molecular weight excluding hydrogens is 358 g/mol. The number of nitrogens with one attached hydrogen (secondary N) is 2. The van der Waals surface area contributed by atoms with E-state index in [0.717, 1.165) is 0 Å². The number of carbonyl (C=O) groups excluding carboxylic acids is 1. The van der Waals surface area contributed by atoms with Crippen molar-refractivity contribution in [2.24, 2.45) is 0 Å². The summed E-state index contributed by atoms with van der Waals surface area (Å²) in [6.07, 6.45) is 1.42. The second-order valence-corrected chi connectivity index (χ2v) is 6.76. The number of aromatic nitrogens is 1. The quantitative estimate of drug-likeness (QED) is 0.806. The van der Waals surface area contributed by atoms with E-state index in [-0.39, 0.29) is 10.8 Å². The molecule has 8 heteroatoms. The minimum absolute atomic E-state index is 0.0803. The predicted molar refractivity (Wildman–Crippen MR) is 82.6 cm³/mol. The van der Waals surface area contributed by atoms with Gasteiger partial charge in [-0.1, -0.05) is 6.07 Å². The largest absolute Gasteiger partial charge is 0.322 e. The summed E-state index contributed by atoms with van der Waals surface area (Å²) in [4.78, 5) is 16.1. The molecule has 1 amide bonds. The molecule has 1 aromatic heterocycles. The lowest BCUT2D eigenvalue weighted by Gasteiger charge is -2.07. The Bertz CT molecular complexity index is 760. The van der Waals surface area contributed by atoms with Crippen LogP contribution >= 0.6 is 15.9 Å². The molecule has 2 aromatic rings. The highest BCUT2D eigenvalue weighted by Crippen LogP contribution is 2.16. The number of carbonyl (C=O) groups is 1. The highest BCUT2D eigenvalue weighted by Gasteiger charge is 2.13. The van der Waals surface area contributed by atoms with Crippen LogP contribution in [-0.2, 0) is 10.0 Å². The Hall–Kier alpha value is -1.77. The first-order chi connectivity index (χ1) is 9.92. The standard InChI is InChI=1S/C13H12BrN3O3S/c1-15-21(19,20)11-4-2-3-10(7-11)17-13(18)9-5-6-12(14)16-8-9/h2-8,15H,1H3,(H,17,18). The van der Waals surface area contributed by atoms with E-state index < -0.39 is 10.0 Å². The third-order valence-electron chi connectivity index (χ3n) is 2.66. The second-order valence-electron chi connectivity index (χ2n) is 4.06. The summed E-state index contributed by atoms with van der Waals surface area (Å²) >= 11 is 3.18. The van der Waals surface area contributed by atoms with E-state index in [9.17, 15) is 13.2 Å². The van der Waals surface area contributed by atoms with Gasteiger partial charge < -0.3 is 5.32 Å². The average molecular weight is 370 g/mol. The van der Waals surface area contributed by atoms with Gasteiger partial charge in [0.15, 0.2) is 0 Å². The van der Waals surface area contributed by atoms with Crippen molar-refractivity contribution in [1.29, 1.82) is 0 Å². The minimum Gasteiger partial charge on any atom is -0.322 e. The number of pyridine rings is 1. The smallest absolute Gasteiger partial charge is 0.257 e. The second kappa shape index (κ2) is 6.33. The first kappa shape index (κ1) is 15.6. The fraction of sp³-hybridized carbons (Fsp3) is 0.0769. The molecule has 1 heterocycles. The molecule has 110 valence electrons. The molecule has 0 saturated carbocycles. The Morgan fingerprint density at radius 1 is 1.24 bits per heavy atom. The normalized spacial score (nSPS) is 11.1. The molecular formula is C13H12BrN3O3S. The molecule has 6 nitrogen and oxygen atoms in total. The SMILES string of the molecule is CNS(=O)(=O)c1cccc(NC(=O)c2ccc(Br)nc2)c1. The molecule has 0 aliphatic carbocycles. The van der Waals surface area contributed by atoms with E-state index in [1.807, 2.05) is 0 Å². The molecule has 0 saturated heterocycles. The average Bonchev–Trinajstić information content (AvgIpc) is 2.48. The van der Waals surface area contributed by atoms with Crippen LogP contribution in [0.4, 0.5) is 5.69 Å². The maximum absolute atomic E-state index is 12.0. The van der Waals surface area contributed by atoms with Gasteiger partial charge in [-0.05, 0) is 53.3 Å². The summed E-state index contributed by atoms with van der Waals surface area (Å²) in [6, 6.07) is 9.26. The van der Waals surface area contributed by atoms with Crippen molar-refractivity contribution >= 4 is 37.5 Å². The van der Waals surface area contributed by atoms with Crippen LogP contribution < -0.4 is 10.0 Å². The first-order valence-corrected chi connectivity index (χ1v) is 8.16. The number of anilines is 1. The van der Waals surface area contributed by atoms with Gasteiger partial charge in [-0.2, -0.15) is 0 Å². The lowest BCUT2D eigenvalue weighted by Crippen LogP contribution is -2.19. The summed E-state index contributed by atoms with van der Waals surface area (Å²) in [5, 5.41) is 2.63. The highest BCUT2D eigenvalue weighted by molar-refractivity contribution is 9.10. The van der Waals surface area contributed by atoms with Gasteiger partial charge in [-0.25, -0.2) is 18.1 Å². The van der Waals surface area contributed by atoms with Crippen molar-refractivity contribution in [3.8, 4) is 0 Å². The van der Waals surface area contributed by atoms with Gasteiger partial charge in [0.1, 0.15) is 4.60 Å². The number of hydrogen-bond donors (Lipinski definition) is 2. The molecule has 0 aliphatic heterocycles. The van der Waals surface area contributed by atoms with E-state index >= 15 is 0 Å². The van der Waals surface area contributed by atoms with Crippen LogP contribution in [0, 0.1) is 0 Å². The number of rotatable bonds is 4. The number of sulfonamides is 1. The van der Waals surface area contributed by atoms with Gasteiger partial charge in [0.2, 0.25) is 10.0 Å². The van der Waals surface area contributed by atoms with E-state index in [2.05, 4.69) is 31.0 Å². The molecule has 0 bridgehead atoms. The lowest BCUT2D eigenvalue weighted by atomic mass is 10.2. The van der Waals surface area contributed by atoms with Crippen LogP contribution in [0.5, 0.6) is 0 Å². The zero-order valence-corrected chi connectivity index (χ0v) is 13.4. The Balaban J connectivity index is 2.22. The molecule has 0 fully saturated rings. The number of hydrogen-bond acceptors (Lipinski definition) is 4. The maximum Gasteiger partial charge on any atom is 0.257 e. The molecule has 21 heavy (non-hydrogen) atoms. The fourth-order valence-corrected chi connectivity index (χ4v) is 2.58. The first-order valence-electron chi connectivity index (χ1n) is 5.89. The van der Waals surface area contributed by atoms with Gasteiger partial charge in [0.05, 0.1) is 10.5 Å². The van der Waals surface area contributed by atoms with Crippen molar-refractivity contribution < 1.29 is 13.2 Å². The number of nitrogens with zero attached hydrogens (tertiary/aromatic N) is 1. The van der Waals surface area contributed by atoms with Crippen LogP contribution in [0.1, 0.15) is 10.4 Å². The van der Waals surface area contributed by atoms with Gasteiger partial charge in [0.25, 0.3) is 5.91 Å². The molecule has 0 radical (unpaired) electrons. The van der Waals surface area contributed by atoms with Crippen LogP contribution in [0.15, 0.2) is 52.1 Å². The molecule has 0 aliphatic rings. The van der Waals surface area contributed by atoms with Crippen molar-refractivity contribution in [2.75, 3.05) is 12.4 Å². The molecule has 1 aromatic carbocycles. The van der Waals surface area contributed by atoms with Gasteiger partial charge >= 0.3 is 0 Å². The fourth-order valence-electron chi connectivity index (χ4n) is 1.57. The number of amides is 1. The predicted octanol–water partition coefficient (Wildman–Crippen LogP) is 2.00. The van der Waals surface area contributed by atoms with Gasteiger partial charge in [0, 0.05) is 11.9 Å². The third kappa shape index (κ3) is 3.87. The zero-order valence-electron chi connectivity index (χ0n) is 11.0. The van der Waals surface area contributed by atoms with E-state index in [0.29, 0.717) is 15.9 Å². The molecule has 0 spiro atoms. The Morgan fingerprint density at radius 3 is 2.62 bits per heavy atom. The number of halogens is 1. The summed E-state index contributed by atoms with van der Waals surface area (Å²) in [5.74, 6) is -0.367. The van der Waals surface area contributed by atoms with Crippen LogP contribution in [0.2, 0.25) is 0 Å². The minimum atomic E-state index is -3.55. The Morgan fingerprint density at radius 2 is 2.00 bits per heavy atom. The molecule has 2 N–H and O–H groups in total. The van der Waals surface area contributed by atoms with Gasteiger partial charge in [-0.15, -0.1) is 0 Å². The van der Waals surface area contributed by atoms with E-state index in [1.165, 1.54) is 25.4 Å². The lowest BCUT2D eigenvalue weighted by molar-refractivity contribution is 0.102. The monoisotopic (exact) mass is 369 g/mol. The highest BCUT2D eigenvalue weighted by atomic mass is 79.9. The van der Waals surface area contributed by atoms with Crippen LogP contribution in [0.25, 0.3) is 0 Å². The molecule has 2 rings (SSSR count). The van der Waals surface area contributed by atoms with Crippen molar-refractivity contribution in [2.45, 2.75) is 4.90 Å². The summed E-state index contributed by atoms with van der Waals surface area (Å²) in [6.45, 7) is 0. The van der Waals surface area contributed by atoms with E-state index in [1.54, 1.807) is 24.3 Å².